The maximum absolute atomic E-state index is 7.49. The summed E-state index contributed by atoms with van der Waals surface area (Å²) in [5, 5.41) is 14.9. The average Bonchev–Trinajstić information content (AvgIpc) is 1.82. The Labute approximate surface area is 70.9 Å². The van der Waals surface area contributed by atoms with Crippen LogP contribution in [-0.2, 0) is 0 Å². The van der Waals surface area contributed by atoms with Gasteiger partial charge >= 0.3 is 0 Å². The van der Waals surface area contributed by atoms with Crippen molar-refractivity contribution in [1.29, 1.82) is 10.8 Å². The van der Waals surface area contributed by atoms with Crippen molar-refractivity contribution in [3.05, 3.63) is 23.1 Å². The van der Waals surface area contributed by atoms with Gasteiger partial charge in [0.2, 0.25) is 5.62 Å². The van der Waals surface area contributed by atoms with Crippen molar-refractivity contribution >= 4 is 5.84 Å². The van der Waals surface area contributed by atoms with E-state index < -0.39 is 0 Å². The van der Waals surface area contributed by atoms with Crippen LogP contribution in [0, 0.1) is 24.7 Å². The van der Waals surface area contributed by atoms with Crippen LogP contribution in [0.5, 0.6) is 0 Å². The summed E-state index contributed by atoms with van der Waals surface area (Å²) >= 11 is 0. The fourth-order valence-corrected chi connectivity index (χ4v) is 1.21. The van der Waals surface area contributed by atoms with E-state index in [9.17, 15) is 0 Å². The van der Waals surface area contributed by atoms with E-state index in [1.165, 1.54) is 4.57 Å². The molecule has 1 aromatic rings. The molecule has 0 saturated heterocycles. The Morgan fingerprint density at radius 3 is 2.50 bits per heavy atom. The van der Waals surface area contributed by atoms with Crippen LogP contribution in [-0.4, -0.2) is 15.4 Å². The smallest absolute Gasteiger partial charge is 0.227 e. The van der Waals surface area contributed by atoms with Crippen molar-refractivity contribution in [2.45, 2.75) is 20.8 Å². The van der Waals surface area contributed by atoms with E-state index in [0.717, 1.165) is 11.4 Å². The van der Waals surface area contributed by atoms with E-state index >= 15 is 0 Å². The number of aromatic nitrogens is 2. The number of aryl methyl sites for hydroxylation is 2. The Balaban J connectivity index is 3.49. The lowest BCUT2D eigenvalue weighted by Crippen LogP contribution is -2.29. The van der Waals surface area contributed by atoms with Gasteiger partial charge in [0.25, 0.3) is 0 Å². The Kier molecular flexibility index (Phi) is 2.08. The molecule has 0 spiro atoms. The van der Waals surface area contributed by atoms with Gasteiger partial charge in [-0.05, 0) is 26.8 Å². The van der Waals surface area contributed by atoms with Gasteiger partial charge < -0.3 is 0 Å². The third-order valence-electron chi connectivity index (χ3n) is 1.60. The molecule has 0 aliphatic heterocycles. The molecule has 4 nitrogen and oxygen atoms in total. The zero-order chi connectivity index (χ0) is 9.30. The third-order valence-corrected chi connectivity index (χ3v) is 1.60. The molecule has 0 saturated carbocycles. The summed E-state index contributed by atoms with van der Waals surface area (Å²) in [6.45, 7) is 5.35. The molecule has 12 heavy (non-hydrogen) atoms. The zero-order valence-corrected chi connectivity index (χ0v) is 7.47. The van der Waals surface area contributed by atoms with Crippen LogP contribution in [0.2, 0.25) is 0 Å². The Morgan fingerprint density at radius 1 is 1.50 bits per heavy atom. The number of hydrogen-bond acceptors (Lipinski definition) is 3. The van der Waals surface area contributed by atoms with Crippen LogP contribution >= 0.6 is 0 Å². The van der Waals surface area contributed by atoms with Crippen LogP contribution in [0.15, 0.2) is 6.07 Å². The molecule has 0 atom stereocenters. The normalized spacial score (nSPS) is 9.92. The first-order chi connectivity index (χ1) is 5.52. The first-order valence-corrected chi connectivity index (χ1v) is 3.70. The molecule has 0 radical (unpaired) electrons. The summed E-state index contributed by atoms with van der Waals surface area (Å²) in [6, 6.07) is 1.86. The van der Waals surface area contributed by atoms with Gasteiger partial charge in [0.05, 0.1) is 0 Å². The van der Waals surface area contributed by atoms with Crippen molar-refractivity contribution in [1.82, 2.24) is 9.55 Å². The van der Waals surface area contributed by atoms with Crippen LogP contribution in [0.4, 0.5) is 0 Å². The van der Waals surface area contributed by atoms with Crippen LogP contribution < -0.4 is 5.62 Å². The molecular formula is C8H12N4. The van der Waals surface area contributed by atoms with Gasteiger partial charge in [-0.3, -0.25) is 15.4 Å². The standard InChI is InChI=1S/C8H12N4/c1-5-4-6(2)12(7(3)9)8(10)11-5/h4,9-10H,1-3H3. The van der Waals surface area contributed by atoms with E-state index in [4.69, 9.17) is 10.8 Å². The quantitative estimate of drug-likeness (QED) is 0.433. The lowest BCUT2D eigenvalue weighted by Gasteiger charge is -2.07. The first-order valence-electron chi connectivity index (χ1n) is 3.70. The summed E-state index contributed by atoms with van der Waals surface area (Å²) in [7, 11) is 0. The lowest BCUT2D eigenvalue weighted by atomic mass is 10.3. The summed E-state index contributed by atoms with van der Waals surface area (Å²) in [4.78, 5) is 3.94. The molecule has 0 aliphatic carbocycles. The van der Waals surface area contributed by atoms with Gasteiger partial charge in [-0.1, -0.05) is 0 Å². The van der Waals surface area contributed by atoms with Crippen molar-refractivity contribution in [2.75, 3.05) is 0 Å². The predicted octanol–water partition coefficient (Wildman–Crippen LogP) is 0.825. The summed E-state index contributed by atoms with van der Waals surface area (Å²) in [6.07, 6.45) is 0. The summed E-state index contributed by atoms with van der Waals surface area (Å²) in [5.74, 6) is 0.324. The van der Waals surface area contributed by atoms with E-state index in [2.05, 4.69) is 4.98 Å². The van der Waals surface area contributed by atoms with Crippen LogP contribution in [0.1, 0.15) is 18.3 Å². The summed E-state index contributed by atoms with van der Waals surface area (Å²) < 4.78 is 1.49. The van der Waals surface area contributed by atoms with E-state index in [-0.39, 0.29) is 5.62 Å². The van der Waals surface area contributed by atoms with Crippen molar-refractivity contribution in [2.24, 2.45) is 0 Å². The van der Waals surface area contributed by atoms with E-state index in [1.807, 2.05) is 19.9 Å². The Morgan fingerprint density at radius 2 is 2.08 bits per heavy atom. The largest absolute Gasteiger partial charge is 0.288 e. The molecule has 0 aromatic carbocycles. The SMILES string of the molecule is CC(=N)n1c(C)cc(C)nc1=N. The summed E-state index contributed by atoms with van der Waals surface area (Å²) in [5.41, 5.74) is 1.81. The minimum absolute atomic E-state index is 0.125. The highest BCUT2D eigenvalue weighted by Crippen LogP contribution is 1.95. The van der Waals surface area contributed by atoms with Gasteiger partial charge in [0.15, 0.2) is 0 Å². The molecular weight excluding hydrogens is 152 g/mol. The molecule has 1 rings (SSSR count). The second-order valence-electron chi connectivity index (χ2n) is 2.78. The molecule has 2 N–H and O–H groups in total. The fraction of sp³-hybridized carbons (Fsp3) is 0.375. The monoisotopic (exact) mass is 164 g/mol. The third kappa shape index (κ3) is 1.42. The fourth-order valence-electron chi connectivity index (χ4n) is 1.21. The molecule has 1 aromatic heterocycles. The number of hydrogen-bond donors (Lipinski definition) is 2. The molecule has 0 aliphatic rings. The molecule has 1 heterocycles. The first kappa shape index (κ1) is 8.64. The van der Waals surface area contributed by atoms with Crippen LogP contribution in [0.3, 0.4) is 0 Å². The topological polar surface area (TPSA) is 65.5 Å². The molecule has 4 heteroatoms. The van der Waals surface area contributed by atoms with Gasteiger partial charge in [0.1, 0.15) is 5.84 Å². The maximum Gasteiger partial charge on any atom is 0.227 e. The molecule has 64 valence electrons. The van der Waals surface area contributed by atoms with E-state index in [0.29, 0.717) is 5.84 Å². The van der Waals surface area contributed by atoms with Crippen LogP contribution in [0.25, 0.3) is 0 Å². The number of rotatable bonds is 0. The minimum Gasteiger partial charge on any atom is -0.288 e. The van der Waals surface area contributed by atoms with Crippen molar-refractivity contribution in [3.63, 3.8) is 0 Å². The lowest BCUT2D eigenvalue weighted by molar-refractivity contribution is 0.827. The van der Waals surface area contributed by atoms with Crippen molar-refractivity contribution in [3.8, 4) is 0 Å². The number of nitrogens with one attached hydrogen (secondary N) is 2. The Bertz CT molecular complexity index is 375. The molecule has 0 fully saturated rings. The van der Waals surface area contributed by atoms with Gasteiger partial charge in [0, 0.05) is 11.4 Å². The van der Waals surface area contributed by atoms with Crippen molar-refractivity contribution < 1.29 is 0 Å². The molecule has 0 unspecified atom stereocenters. The predicted molar refractivity (Wildman–Crippen MR) is 46.4 cm³/mol. The van der Waals surface area contributed by atoms with Gasteiger partial charge in [-0.15, -0.1) is 0 Å². The maximum atomic E-state index is 7.49. The van der Waals surface area contributed by atoms with Gasteiger partial charge in [-0.25, -0.2) is 4.98 Å². The highest BCUT2D eigenvalue weighted by atomic mass is 15.1. The highest BCUT2D eigenvalue weighted by molar-refractivity contribution is 5.79. The Hall–Kier alpha value is -1.45. The average molecular weight is 164 g/mol. The second kappa shape index (κ2) is 2.89. The number of nitrogens with zero attached hydrogens (tertiary/aromatic N) is 2. The second-order valence-corrected chi connectivity index (χ2v) is 2.78. The zero-order valence-electron chi connectivity index (χ0n) is 7.47. The minimum atomic E-state index is 0.125. The van der Waals surface area contributed by atoms with Gasteiger partial charge in [-0.2, -0.15) is 0 Å². The molecule has 0 bridgehead atoms. The van der Waals surface area contributed by atoms with E-state index in [1.54, 1.807) is 6.92 Å². The molecule has 0 amide bonds. The highest BCUT2D eigenvalue weighted by Gasteiger charge is 2.00.